The van der Waals surface area contributed by atoms with Gasteiger partial charge in [-0.25, -0.2) is 4.98 Å². The number of carbonyl (C=O) groups excluding carboxylic acids is 1. The standard InChI is InChI=1S/C11H15BrN4O/c1-7-8(13)5-14-11(10(7)12)16-4-3-15(2)9(17)6-16/h5H,3-4,6,13H2,1-2H3. The second kappa shape index (κ2) is 4.52. The lowest BCUT2D eigenvalue weighted by Crippen LogP contribution is -2.49. The maximum Gasteiger partial charge on any atom is 0.241 e. The summed E-state index contributed by atoms with van der Waals surface area (Å²) in [7, 11) is 1.82. The van der Waals surface area contributed by atoms with E-state index in [-0.39, 0.29) is 5.91 Å². The first kappa shape index (κ1) is 12.2. The van der Waals surface area contributed by atoms with Gasteiger partial charge in [-0.05, 0) is 28.4 Å². The van der Waals surface area contributed by atoms with Crippen LogP contribution in [0.15, 0.2) is 10.7 Å². The molecule has 17 heavy (non-hydrogen) atoms. The molecule has 1 aliphatic heterocycles. The van der Waals surface area contributed by atoms with Gasteiger partial charge in [0.15, 0.2) is 0 Å². The van der Waals surface area contributed by atoms with Gasteiger partial charge in [0, 0.05) is 20.1 Å². The zero-order valence-electron chi connectivity index (χ0n) is 9.90. The van der Waals surface area contributed by atoms with E-state index in [1.54, 1.807) is 11.1 Å². The van der Waals surface area contributed by atoms with Gasteiger partial charge in [0.1, 0.15) is 5.82 Å². The second-order valence-electron chi connectivity index (χ2n) is 4.21. The normalized spacial score (nSPS) is 16.5. The van der Waals surface area contributed by atoms with E-state index in [0.717, 1.165) is 28.9 Å². The van der Waals surface area contributed by atoms with Crippen molar-refractivity contribution in [3.63, 3.8) is 0 Å². The van der Waals surface area contributed by atoms with E-state index in [1.165, 1.54) is 0 Å². The molecule has 0 unspecified atom stereocenters. The van der Waals surface area contributed by atoms with Crippen molar-refractivity contribution in [2.24, 2.45) is 0 Å². The third-order valence-corrected chi connectivity index (χ3v) is 3.99. The molecule has 0 radical (unpaired) electrons. The fourth-order valence-electron chi connectivity index (χ4n) is 1.74. The van der Waals surface area contributed by atoms with Crippen LogP contribution in [0.1, 0.15) is 5.56 Å². The van der Waals surface area contributed by atoms with Gasteiger partial charge in [-0.15, -0.1) is 0 Å². The lowest BCUT2D eigenvalue weighted by molar-refractivity contribution is -0.129. The molecule has 1 saturated heterocycles. The lowest BCUT2D eigenvalue weighted by atomic mass is 10.2. The molecule has 0 atom stereocenters. The van der Waals surface area contributed by atoms with Crippen molar-refractivity contribution in [2.75, 3.05) is 37.3 Å². The number of likely N-dealkylation sites (N-methyl/N-ethyl adjacent to an activating group) is 1. The Morgan fingerprint density at radius 3 is 2.82 bits per heavy atom. The Morgan fingerprint density at radius 1 is 1.47 bits per heavy atom. The molecule has 0 spiro atoms. The fourth-order valence-corrected chi connectivity index (χ4v) is 2.32. The van der Waals surface area contributed by atoms with Crippen LogP contribution >= 0.6 is 15.9 Å². The molecular weight excluding hydrogens is 284 g/mol. The largest absolute Gasteiger partial charge is 0.397 e. The van der Waals surface area contributed by atoms with E-state index < -0.39 is 0 Å². The molecule has 2 heterocycles. The van der Waals surface area contributed by atoms with Crippen LogP contribution in [0.2, 0.25) is 0 Å². The number of nitrogen functional groups attached to an aromatic ring is 1. The maximum atomic E-state index is 11.7. The summed E-state index contributed by atoms with van der Waals surface area (Å²) in [4.78, 5) is 19.7. The van der Waals surface area contributed by atoms with Gasteiger partial charge < -0.3 is 15.5 Å². The molecule has 5 nitrogen and oxygen atoms in total. The number of rotatable bonds is 1. The Balaban J connectivity index is 2.29. The van der Waals surface area contributed by atoms with Crippen LogP contribution in [0.25, 0.3) is 0 Å². The van der Waals surface area contributed by atoms with Crippen LogP contribution in [-0.2, 0) is 4.79 Å². The average molecular weight is 299 g/mol. The Hall–Kier alpha value is -1.30. The summed E-state index contributed by atoms with van der Waals surface area (Å²) in [5.74, 6) is 0.901. The van der Waals surface area contributed by atoms with Crippen molar-refractivity contribution < 1.29 is 4.79 Å². The first-order valence-corrected chi connectivity index (χ1v) is 6.19. The van der Waals surface area contributed by atoms with Crippen LogP contribution in [0.5, 0.6) is 0 Å². The van der Waals surface area contributed by atoms with E-state index in [2.05, 4.69) is 20.9 Å². The van der Waals surface area contributed by atoms with E-state index in [0.29, 0.717) is 12.2 Å². The summed E-state index contributed by atoms with van der Waals surface area (Å²) in [6.45, 7) is 3.81. The van der Waals surface area contributed by atoms with Crippen molar-refractivity contribution in [3.8, 4) is 0 Å². The van der Waals surface area contributed by atoms with Gasteiger partial charge in [-0.2, -0.15) is 0 Å². The number of piperazine rings is 1. The quantitative estimate of drug-likeness (QED) is 0.841. The number of carbonyl (C=O) groups is 1. The Bertz CT molecular complexity index is 463. The molecule has 1 aromatic heterocycles. The monoisotopic (exact) mass is 298 g/mol. The van der Waals surface area contributed by atoms with Crippen LogP contribution in [0.4, 0.5) is 11.5 Å². The average Bonchev–Trinajstić information content (AvgIpc) is 2.30. The number of halogens is 1. The summed E-state index contributed by atoms with van der Waals surface area (Å²) >= 11 is 3.49. The van der Waals surface area contributed by atoms with Crippen LogP contribution in [0.3, 0.4) is 0 Å². The Morgan fingerprint density at radius 2 is 2.18 bits per heavy atom. The van der Waals surface area contributed by atoms with Gasteiger partial charge in [0.2, 0.25) is 5.91 Å². The van der Waals surface area contributed by atoms with Crippen LogP contribution < -0.4 is 10.6 Å². The van der Waals surface area contributed by atoms with E-state index in [1.807, 2.05) is 18.9 Å². The van der Waals surface area contributed by atoms with Crippen LogP contribution in [-0.4, -0.2) is 42.5 Å². The van der Waals surface area contributed by atoms with Crippen molar-refractivity contribution in [2.45, 2.75) is 6.92 Å². The fraction of sp³-hybridized carbons (Fsp3) is 0.455. The SMILES string of the molecule is Cc1c(N)cnc(N2CCN(C)C(=O)C2)c1Br. The molecule has 1 amide bonds. The third kappa shape index (κ3) is 2.22. The van der Waals surface area contributed by atoms with E-state index in [4.69, 9.17) is 5.73 Å². The van der Waals surface area contributed by atoms with Crippen molar-refractivity contribution in [1.29, 1.82) is 0 Å². The van der Waals surface area contributed by atoms with Gasteiger partial charge in [-0.1, -0.05) is 0 Å². The van der Waals surface area contributed by atoms with Gasteiger partial charge in [0.05, 0.1) is 22.9 Å². The van der Waals surface area contributed by atoms with Crippen molar-refractivity contribution >= 4 is 33.3 Å². The molecule has 0 aromatic carbocycles. The maximum absolute atomic E-state index is 11.7. The minimum absolute atomic E-state index is 0.111. The molecule has 92 valence electrons. The number of amides is 1. The second-order valence-corrected chi connectivity index (χ2v) is 5.01. The van der Waals surface area contributed by atoms with Crippen molar-refractivity contribution in [1.82, 2.24) is 9.88 Å². The van der Waals surface area contributed by atoms with Crippen molar-refractivity contribution in [3.05, 3.63) is 16.2 Å². The van der Waals surface area contributed by atoms with E-state index in [9.17, 15) is 4.79 Å². The summed E-state index contributed by atoms with van der Waals surface area (Å²) in [5, 5.41) is 0. The van der Waals surface area contributed by atoms with Gasteiger partial charge in [0.25, 0.3) is 0 Å². The molecule has 2 N–H and O–H groups in total. The molecule has 1 aromatic rings. The molecule has 0 saturated carbocycles. The summed E-state index contributed by atoms with van der Waals surface area (Å²) in [6, 6.07) is 0. The molecule has 0 aliphatic carbocycles. The van der Waals surface area contributed by atoms with E-state index >= 15 is 0 Å². The lowest BCUT2D eigenvalue weighted by Gasteiger charge is -2.33. The highest BCUT2D eigenvalue weighted by Crippen LogP contribution is 2.30. The summed E-state index contributed by atoms with van der Waals surface area (Å²) in [5.41, 5.74) is 7.40. The topological polar surface area (TPSA) is 62.5 Å². The Labute approximate surface area is 109 Å². The number of nitrogens with two attached hydrogens (primary N) is 1. The summed E-state index contributed by atoms with van der Waals surface area (Å²) in [6.07, 6.45) is 1.64. The Kier molecular flexibility index (Phi) is 3.24. The van der Waals surface area contributed by atoms with Gasteiger partial charge >= 0.3 is 0 Å². The predicted molar refractivity (Wildman–Crippen MR) is 70.9 cm³/mol. The molecule has 0 bridgehead atoms. The number of hydrogen-bond donors (Lipinski definition) is 1. The zero-order valence-corrected chi connectivity index (χ0v) is 11.5. The number of pyridine rings is 1. The summed E-state index contributed by atoms with van der Waals surface area (Å²) < 4.78 is 0.870. The number of aromatic nitrogens is 1. The number of hydrogen-bond acceptors (Lipinski definition) is 4. The molecular formula is C11H15BrN4O. The highest BCUT2D eigenvalue weighted by molar-refractivity contribution is 9.10. The molecule has 1 aliphatic rings. The third-order valence-electron chi connectivity index (χ3n) is 3.04. The minimum atomic E-state index is 0.111. The zero-order chi connectivity index (χ0) is 12.6. The number of nitrogens with zero attached hydrogens (tertiary/aromatic N) is 3. The smallest absolute Gasteiger partial charge is 0.241 e. The highest BCUT2D eigenvalue weighted by atomic mass is 79.9. The van der Waals surface area contributed by atoms with Gasteiger partial charge in [-0.3, -0.25) is 4.79 Å². The minimum Gasteiger partial charge on any atom is -0.397 e. The highest BCUT2D eigenvalue weighted by Gasteiger charge is 2.24. The first-order valence-electron chi connectivity index (χ1n) is 5.40. The first-order chi connectivity index (χ1) is 8.00. The number of anilines is 2. The molecule has 2 rings (SSSR count). The van der Waals surface area contributed by atoms with Crippen LogP contribution in [0, 0.1) is 6.92 Å². The molecule has 6 heteroatoms. The molecule has 1 fully saturated rings. The predicted octanol–water partition coefficient (Wildman–Crippen LogP) is 1.01.